The predicted molar refractivity (Wildman–Crippen MR) is 33.1 cm³/mol. The van der Waals surface area contributed by atoms with E-state index in [1.165, 1.54) is 17.3 Å². The van der Waals surface area contributed by atoms with Crippen LogP contribution in [0.2, 0.25) is 4.44 Å². The van der Waals surface area contributed by atoms with Gasteiger partial charge in [0.05, 0.1) is 0 Å². The number of rotatable bonds is 3. The van der Waals surface area contributed by atoms with Gasteiger partial charge >= 0.3 is 52.7 Å². The maximum atomic E-state index is 4.89. The predicted octanol–water partition coefficient (Wildman–Crippen LogP) is 2.02. The Morgan fingerprint density at radius 3 is 2.50 bits per heavy atom. The standard InChI is InChI=1S/C4H9.S.Sn/c1-3-4-2;;/h1,3-4H2,2H3;;. The Kier molecular flexibility index (Phi) is 7.04. The molecular formula is C4H9SSn. The fourth-order valence-corrected chi connectivity index (χ4v) is 2.64. The van der Waals surface area contributed by atoms with Gasteiger partial charge in [-0.1, -0.05) is 0 Å². The zero-order valence-corrected chi connectivity index (χ0v) is 7.70. The molecule has 35 valence electrons. The molecule has 0 heterocycles. The second-order valence-electron chi connectivity index (χ2n) is 1.25. The van der Waals surface area contributed by atoms with Gasteiger partial charge in [0.2, 0.25) is 0 Å². The third-order valence-electron chi connectivity index (χ3n) is 0.632. The third kappa shape index (κ3) is 5.02. The van der Waals surface area contributed by atoms with Gasteiger partial charge < -0.3 is 0 Å². The topological polar surface area (TPSA) is 0 Å². The Hall–Kier alpha value is 1.02. The van der Waals surface area contributed by atoms with E-state index in [4.69, 9.17) is 9.29 Å². The van der Waals surface area contributed by atoms with Crippen molar-refractivity contribution < 1.29 is 0 Å². The first-order chi connectivity index (χ1) is 2.91. The zero-order chi connectivity index (χ0) is 4.83. The third-order valence-corrected chi connectivity index (χ3v) is 3.59. The molecule has 1 radical (unpaired) electrons. The zero-order valence-electron chi connectivity index (χ0n) is 4.03. The molecule has 0 aliphatic heterocycles. The Morgan fingerprint density at radius 2 is 2.33 bits per heavy atom. The Bertz CT molecular complexity index is 36.5. The fraction of sp³-hybridized carbons (Fsp3) is 1.00. The average Bonchev–Trinajstić information content (AvgIpc) is 1.61. The van der Waals surface area contributed by atoms with Crippen molar-refractivity contribution in [1.29, 1.82) is 0 Å². The first-order valence-electron chi connectivity index (χ1n) is 2.26. The normalized spacial score (nSPS) is 8.17. The summed E-state index contributed by atoms with van der Waals surface area (Å²) in [5.74, 6) is 0. The SMILES string of the molecule is CCC[CH2][Sn]=[S]. The summed E-state index contributed by atoms with van der Waals surface area (Å²) in [5.41, 5.74) is 0. The van der Waals surface area contributed by atoms with Gasteiger partial charge in [0.15, 0.2) is 0 Å². The van der Waals surface area contributed by atoms with E-state index in [1.807, 2.05) is 0 Å². The first kappa shape index (κ1) is 7.02. The molecule has 0 aromatic heterocycles. The van der Waals surface area contributed by atoms with Crippen molar-refractivity contribution >= 4 is 28.5 Å². The molecule has 0 nitrogen and oxygen atoms in total. The van der Waals surface area contributed by atoms with Crippen molar-refractivity contribution in [1.82, 2.24) is 0 Å². The molecule has 0 fully saturated rings. The van der Waals surface area contributed by atoms with Gasteiger partial charge in [0.1, 0.15) is 0 Å². The molecule has 0 aromatic rings. The van der Waals surface area contributed by atoms with E-state index < -0.39 is 0 Å². The van der Waals surface area contributed by atoms with Crippen LogP contribution in [0, 0.1) is 0 Å². The van der Waals surface area contributed by atoms with Gasteiger partial charge in [0, 0.05) is 0 Å². The van der Waals surface area contributed by atoms with Crippen molar-refractivity contribution in [3.8, 4) is 0 Å². The molecule has 0 spiro atoms. The molecule has 6 heavy (non-hydrogen) atoms. The minimum atomic E-state index is -0.227. The molecule has 0 atom stereocenters. The summed E-state index contributed by atoms with van der Waals surface area (Å²) in [5, 5.41) is 0. The van der Waals surface area contributed by atoms with Crippen molar-refractivity contribution in [3.05, 3.63) is 0 Å². The molecule has 0 saturated heterocycles. The van der Waals surface area contributed by atoms with Gasteiger partial charge in [-0.05, 0) is 0 Å². The molecule has 0 bridgehead atoms. The van der Waals surface area contributed by atoms with E-state index in [9.17, 15) is 0 Å². The van der Waals surface area contributed by atoms with Gasteiger partial charge in [-0.25, -0.2) is 0 Å². The summed E-state index contributed by atoms with van der Waals surface area (Å²) in [6, 6.07) is 0. The molecule has 0 saturated carbocycles. The van der Waals surface area contributed by atoms with Crippen LogP contribution in [0.5, 0.6) is 0 Å². The van der Waals surface area contributed by atoms with Gasteiger partial charge in [0.25, 0.3) is 0 Å². The summed E-state index contributed by atoms with van der Waals surface area (Å²) in [6.07, 6.45) is 2.72. The molecule has 0 aromatic carbocycles. The molecule has 0 unspecified atom stereocenters. The van der Waals surface area contributed by atoms with Crippen LogP contribution in [-0.2, 0) is 0 Å². The van der Waals surface area contributed by atoms with Gasteiger partial charge in [-0.2, -0.15) is 0 Å². The van der Waals surface area contributed by atoms with E-state index in [1.54, 1.807) is 0 Å². The van der Waals surface area contributed by atoms with Crippen molar-refractivity contribution in [2.24, 2.45) is 0 Å². The maximum absolute atomic E-state index is 4.89. The Morgan fingerprint density at radius 1 is 1.67 bits per heavy atom. The van der Waals surface area contributed by atoms with Gasteiger partial charge in [-0.3, -0.25) is 0 Å². The van der Waals surface area contributed by atoms with Gasteiger partial charge in [-0.15, -0.1) is 0 Å². The quantitative estimate of drug-likeness (QED) is 0.504. The Balaban J connectivity index is 2.49. The second-order valence-corrected chi connectivity index (χ2v) is 5.44. The summed E-state index contributed by atoms with van der Waals surface area (Å²) >= 11 is -0.227. The minimum absolute atomic E-state index is 0.227. The van der Waals surface area contributed by atoms with Crippen LogP contribution in [0.3, 0.4) is 0 Å². The van der Waals surface area contributed by atoms with Crippen LogP contribution in [0.25, 0.3) is 0 Å². The summed E-state index contributed by atoms with van der Waals surface area (Å²) in [4.78, 5) is 0. The van der Waals surface area contributed by atoms with E-state index in [0.717, 1.165) is 0 Å². The molecule has 2 heteroatoms. The molecule has 0 N–H and O–H groups in total. The van der Waals surface area contributed by atoms with Crippen LogP contribution < -0.4 is 0 Å². The molecule has 0 rings (SSSR count). The van der Waals surface area contributed by atoms with Crippen molar-refractivity contribution in [2.45, 2.75) is 24.2 Å². The van der Waals surface area contributed by atoms with Crippen LogP contribution in [0.15, 0.2) is 0 Å². The van der Waals surface area contributed by atoms with E-state index in [2.05, 4.69) is 6.92 Å². The number of hydrogen-bond donors (Lipinski definition) is 0. The van der Waals surface area contributed by atoms with Crippen molar-refractivity contribution in [3.63, 3.8) is 0 Å². The second kappa shape index (κ2) is 6.02. The van der Waals surface area contributed by atoms with E-state index in [-0.39, 0.29) is 19.2 Å². The molecular weight excluding hydrogens is 199 g/mol. The summed E-state index contributed by atoms with van der Waals surface area (Å²) < 4.78 is 1.40. The molecule has 0 aliphatic rings. The van der Waals surface area contributed by atoms with Crippen LogP contribution in [0.1, 0.15) is 19.8 Å². The summed E-state index contributed by atoms with van der Waals surface area (Å²) in [6.45, 7) is 2.21. The van der Waals surface area contributed by atoms with Crippen LogP contribution >= 0.6 is 9.29 Å². The number of unbranched alkanes of at least 4 members (excludes halogenated alkanes) is 1. The average molecular weight is 208 g/mol. The molecule has 0 amide bonds. The summed E-state index contributed by atoms with van der Waals surface area (Å²) in [7, 11) is 4.89. The molecule has 0 aliphatic carbocycles. The first-order valence-corrected chi connectivity index (χ1v) is 8.19. The van der Waals surface area contributed by atoms with Crippen LogP contribution in [0.4, 0.5) is 0 Å². The Labute approximate surface area is 52.7 Å². The van der Waals surface area contributed by atoms with E-state index >= 15 is 0 Å². The fourth-order valence-electron chi connectivity index (χ4n) is 0.249. The monoisotopic (exact) mass is 209 g/mol. The van der Waals surface area contributed by atoms with E-state index in [0.29, 0.717) is 0 Å². The van der Waals surface area contributed by atoms with Crippen LogP contribution in [-0.4, -0.2) is 19.2 Å². The number of hydrogen-bond acceptors (Lipinski definition) is 1. The van der Waals surface area contributed by atoms with Crippen molar-refractivity contribution in [2.75, 3.05) is 0 Å².